The van der Waals surface area contributed by atoms with E-state index < -0.39 is 0 Å². The van der Waals surface area contributed by atoms with Gasteiger partial charge in [0.2, 0.25) is 0 Å². The van der Waals surface area contributed by atoms with Crippen molar-refractivity contribution in [1.29, 1.82) is 0 Å². The zero-order chi connectivity index (χ0) is 10.3. The summed E-state index contributed by atoms with van der Waals surface area (Å²) in [5.41, 5.74) is 0.0484. The van der Waals surface area contributed by atoms with Crippen molar-refractivity contribution in [1.82, 2.24) is 9.38 Å². The zero-order valence-electron chi connectivity index (χ0n) is 6.63. The summed E-state index contributed by atoms with van der Waals surface area (Å²) in [5, 5.41) is 0.0481. The standard InChI is InChI=1S/C7H3Cl3N2OS/c8-1-3-5(10)6(13)12-2-4(9)14-7(12)11-3/h2H,1H2. The van der Waals surface area contributed by atoms with Crippen LogP contribution >= 0.6 is 46.1 Å². The van der Waals surface area contributed by atoms with Crippen molar-refractivity contribution in [3.8, 4) is 0 Å². The number of hydrogen-bond donors (Lipinski definition) is 0. The van der Waals surface area contributed by atoms with Gasteiger partial charge in [-0.2, -0.15) is 0 Å². The molecule has 0 bridgehead atoms. The first-order valence-corrected chi connectivity index (χ1v) is 5.66. The maximum Gasteiger partial charge on any atom is 0.277 e. The highest BCUT2D eigenvalue weighted by Crippen LogP contribution is 2.22. The lowest BCUT2D eigenvalue weighted by molar-refractivity contribution is 1.04. The minimum Gasteiger partial charge on any atom is -0.267 e. The highest BCUT2D eigenvalue weighted by atomic mass is 35.5. The Hall–Kier alpha value is -0.290. The van der Waals surface area contributed by atoms with E-state index in [0.717, 1.165) is 0 Å². The van der Waals surface area contributed by atoms with E-state index in [2.05, 4.69) is 4.98 Å². The molecule has 74 valence electrons. The van der Waals surface area contributed by atoms with Crippen LogP contribution in [-0.2, 0) is 5.88 Å². The van der Waals surface area contributed by atoms with Gasteiger partial charge in [0.1, 0.15) is 9.36 Å². The van der Waals surface area contributed by atoms with Crippen LogP contribution in [-0.4, -0.2) is 9.38 Å². The Labute approximate surface area is 97.9 Å². The normalized spacial score (nSPS) is 11.1. The molecular formula is C7H3Cl3N2OS. The first kappa shape index (κ1) is 10.2. The summed E-state index contributed by atoms with van der Waals surface area (Å²) in [6.45, 7) is 0. The Kier molecular flexibility index (Phi) is 2.70. The van der Waals surface area contributed by atoms with Crippen LogP contribution < -0.4 is 5.56 Å². The van der Waals surface area contributed by atoms with Gasteiger partial charge >= 0.3 is 0 Å². The fraction of sp³-hybridized carbons (Fsp3) is 0.143. The number of hydrogen-bond acceptors (Lipinski definition) is 3. The molecule has 0 aliphatic carbocycles. The van der Waals surface area contributed by atoms with Gasteiger partial charge in [-0.15, -0.1) is 11.6 Å². The summed E-state index contributed by atoms with van der Waals surface area (Å²) in [6, 6.07) is 0. The van der Waals surface area contributed by atoms with E-state index in [9.17, 15) is 4.79 Å². The average molecular weight is 270 g/mol. The Morgan fingerprint density at radius 2 is 2.21 bits per heavy atom. The topological polar surface area (TPSA) is 34.4 Å². The van der Waals surface area contributed by atoms with Crippen molar-refractivity contribution >= 4 is 51.1 Å². The molecule has 0 unspecified atom stereocenters. The minimum atomic E-state index is -0.338. The zero-order valence-corrected chi connectivity index (χ0v) is 9.71. The lowest BCUT2D eigenvalue weighted by Gasteiger charge is -1.98. The number of thiazole rings is 1. The first-order chi connectivity index (χ1) is 6.63. The van der Waals surface area contributed by atoms with E-state index in [1.165, 1.54) is 21.9 Å². The van der Waals surface area contributed by atoms with Crippen LogP contribution in [0.2, 0.25) is 9.36 Å². The Morgan fingerprint density at radius 3 is 2.86 bits per heavy atom. The largest absolute Gasteiger partial charge is 0.277 e. The highest BCUT2D eigenvalue weighted by molar-refractivity contribution is 7.20. The lowest BCUT2D eigenvalue weighted by atomic mass is 10.4. The molecule has 2 aromatic heterocycles. The van der Waals surface area contributed by atoms with E-state index in [1.54, 1.807) is 0 Å². The van der Waals surface area contributed by atoms with Gasteiger partial charge in [0, 0.05) is 6.20 Å². The SMILES string of the molecule is O=c1c(Cl)c(CCl)nc2sc(Cl)cn12. The van der Waals surface area contributed by atoms with Crippen LogP contribution in [0.15, 0.2) is 11.0 Å². The third-order valence-corrected chi connectivity index (χ3v) is 3.38. The van der Waals surface area contributed by atoms with Gasteiger partial charge in [0.15, 0.2) is 4.96 Å². The average Bonchev–Trinajstić information content (AvgIpc) is 2.52. The van der Waals surface area contributed by atoms with Crippen LogP contribution in [0.5, 0.6) is 0 Å². The molecule has 0 fully saturated rings. The van der Waals surface area contributed by atoms with Crippen molar-refractivity contribution < 1.29 is 0 Å². The van der Waals surface area contributed by atoms with Gasteiger partial charge in [0.25, 0.3) is 5.56 Å². The number of rotatable bonds is 1. The summed E-state index contributed by atoms with van der Waals surface area (Å²) in [4.78, 5) is 16.2. The number of alkyl halides is 1. The number of fused-ring (bicyclic) bond motifs is 1. The molecule has 0 atom stereocenters. The number of nitrogens with zero attached hydrogens (tertiary/aromatic N) is 2. The second kappa shape index (κ2) is 3.70. The van der Waals surface area contributed by atoms with Crippen molar-refractivity contribution in [3.63, 3.8) is 0 Å². The van der Waals surface area contributed by atoms with E-state index >= 15 is 0 Å². The van der Waals surface area contributed by atoms with Gasteiger partial charge < -0.3 is 0 Å². The second-order valence-electron chi connectivity index (χ2n) is 2.50. The number of halogens is 3. The molecule has 2 rings (SSSR count). The molecule has 0 amide bonds. The maximum atomic E-state index is 11.6. The van der Waals surface area contributed by atoms with E-state index in [1.807, 2.05) is 0 Å². The summed E-state index contributed by atoms with van der Waals surface area (Å²) in [6.07, 6.45) is 1.49. The monoisotopic (exact) mass is 268 g/mol. The molecule has 0 spiro atoms. The third-order valence-electron chi connectivity index (χ3n) is 1.64. The van der Waals surface area contributed by atoms with Gasteiger partial charge in [0.05, 0.1) is 11.6 Å². The van der Waals surface area contributed by atoms with E-state index in [-0.39, 0.29) is 16.5 Å². The molecule has 0 radical (unpaired) electrons. The van der Waals surface area contributed by atoms with Gasteiger partial charge in [-0.05, 0) is 0 Å². The smallest absolute Gasteiger partial charge is 0.267 e. The molecule has 0 aliphatic heterocycles. The van der Waals surface area contributed by atoms with Crippen LogP contribution in [0.4, 0.5) is 0 Å². The van der Waals surface area contributed by atoms with E-state index in [0.29, 0.717) is 15.0 Å². The highest BCUT2D eigenvalue weighted by Gasteiger charge is 2.11. The molecule has 3 nitrogen and oxygen atoms in total. The predicted octanol–water partition coefficient (Wildman–Crippen LogP) is 2.80. The second-order valence-corrected chi connectivity index (χ2v) is 4.78. The van der Waals surface area contributed by atoms with Crippen molar-refractivity contribution in [2.45, 2.75) is 5.88 Å². The van der Waals surface area contributed by atoms with Crippen molar-refractivity contribution in [3.05, 3.63) is 31.6 Å². The van der Waals surface area contributed by atoms with Crippen LogP contribution in [0.3, 0.4) is 0 Å². The summed E-state index contributed by atoms with van der Waals surface area (Å²) in [7, 11) is 0. The van der Waals surface area contributed by atoms with Gasteiger partial charge in [-0.3, -0.25) is 9.20 Å². The summed E-state index contributed by atoms with van der Waals surface area (Å²) in [5.74, 6) is 0.111. The Bertz CT molecular complexity index is 548. The molecule has 0 aromatic carbocycles. The Balaban J connectivity index is 2.91. The van der Waals surface area contributed by atoms with Crippen molar-refractivity contribution in [2.75, 3.05) is 0 Å². The van der Waals surface area contributed by atoms with E-state index in [4.69, 9.17) is 34.8 Å². The third kappa shape index (κ3) is 1.52. The molecular weight excluding hydrogens is 267 g/mol. The summed E-state index contributed by atoms with van der Waals surface area (Å²) >= 11 is 18.3. The minimum absolute atomic E-state index is 0.0481. The van der Waals surface area contributed by atoms with Crippen LogP contribution in [0.25, 0.3) is 4.96 Å². The quantitative estimate of drug-likeness (QED) is 0.746. The number of aromatic nitrogens is 2. The molecule has 2 aromatic rings. The van der Waals surface area contributed by atoms with Gasteiger partial charge in [-0.25, -0.2) is 4.98 Å². The molecule has 14 heavy (non-hydrogen) atoms. The summed E-state index contributed by atoms with van der Waals surface area (Å²) < 4.78 is 1.79. The van der Waals surface area contributed by atoms with Gasteiger partial charge in [-0.1, -0.05) is 34.5 Å². The van der Waals surface area contributed by atoms with Crippen molar-refractivity contribution in [2.24, 2.45) is 0 Å². The molecule has 0 saturated heterocycles. The van der Waals surface area contributed by atoms with Crippen LogP contribution in [0, 0.1) is 0 Å². The fourth-order valence-electron chi connectivity index (χ4n) is 1.02. The predicted molar refractivity (Wildman–Crippen MR) is 58.9 cm³/mol. The lowest BCUT2D eigenvalue weighted by Crippen LogP contribution is -2.15. The Morgan fingerprint density at radius 1 is 1.50 bits per heavy atom. The molecule has 0 saturated carbocycles. The molecule has 7 heteroatoms. The molecule has 0 N–H and O–H groups in total. The first-order valence-electron chi connectivity index (χ1n) is 3.55. The van der Waals surface area contributed by atoms with Crippen LogP contribution in [0.1, 0.15) is 5.69 Å². The molecule has 2 heterocycles. The fourth-order valence-corrected chi connectivity index (χ4v) is 2.51. The molecule has 0 aliphatic rings. The maximum absolute atomic E-state index is 11.6.